The number of amides is 1. The largest absolute Gasteiger partial charge is 0.416 e. The number of carbonyl (C=O) groups is 1. The van der Waals surface area contributed by atoms with E-state index in [0.29, 0.717) is 11.0 Å². The summed E-state index contributed by atoms with van der Waals surface area (Å²) >= 11 is 0. The second-order valence-electron chi connectivity index (χ2n) is 8.01. The summed E-state index contributed by atoms with van der Waals surface area (Å²) in [6, 6.07) is 7.67. The molecule has 1 N–H and O–H groups in total. The van der Waals surface area contributed by atoms with Crippen LogP contribution in [0.2, 0.25) is 0 Å². The van der Waals surface area contributed by atoms with Crippen molar-refractivity contribution in [2.45, 2.75) is 32.5 Å². The van der Waals surface area contributed by atoms with Crippen LogP contribution in [0, 0.1) is 0 Å². The first-order chi connectivity index (χ1) is 15.5. The molecule has 2 aromatic heterocycles. The fourth-order valence-electron chi connectivity index (χ4n) is 3.62. The van der Waals surface area contributed by atoms with Crippen molar-refractivity contribution >= 4 is 47.1 Å². The summed E-state index contributed by atoms with van der Waals surface area (Å²) in [5.41, 5.74) is 0.414. The summed E-state index contributed by atoms with van der Waals surface area (Å²) in [5.74, 6) is -0.270. The molecule has 0 aliphatic carbocycles. The quantitative estimate of drug-likeness (QED) is 0.482. The van der Waals surface area contributed by atoms with Crippen molar-refractivity contribution in [1.29, 1.82) is 0 Å². The van der Waals surface area contributed by atoms with E-state index in [4.69, 9.17) is 7.85 Å². The Morgan fingerprint density at radius 2 is 1.88 bits per heavy atom. The zero-order chi connectivity index (χ0) is 24.1. The minimum atomic E-state index is -4.55. The number of nitrogens with zero attached hydrogens (tertiary/aromatic N) is 4. The highest BCUT2D eigenvalue weighted by atomic mass is 19.4. The molecule has 11 heteroatoms. The second-order valence-corrected chi connectivity index (χ2v) is 8.01. The van der Waals surface area contributed by atoms with E-state index in [-0.39, 0.29) is 35.0 Å². The van der Waals surface area contributed by atoms with Crippen LogP contribution in [0.1, 0.15) is 31.1 Å². The zero-order valence-electron chi connectivity index (χ0n) is 18.1. The minimum absolute atomic E-state index is 0.0573. The number of alkyl halides is 3. The van der Waals surface area contributed by atoms with E-state index in [1.807, 2.05) is 0 Å². The number of nitrogens with one attached hydrogen (secondary N) is 1. The highest BCUT2D eigenvalue weighted by Crippen LogP contribution is 2.31. The topological polar surface area (TPSA) is 81.8 Å². The number of anilines is 1. The second kappa shape index (κ2) is 8.06. The molecule has 0 aliphatic heterocycles. The fraction of sp³-hybridized carbons (Fsp3) is 0.273. The molecule has 2 heterocycles. The van der Waals surface area contributed by atoms with Crippen LogP contribution in [0.25, 0.3) is 21.9 Å². The molecule has 1 amide bonds. The van der Waals surface area contributed by atoms with Crippen LogP contribution in [0.3, 0.4) is 0 Å². The monoisotopic (exact) mass is 453 g/mol. The molecular weight excluding hydrogens is 434 g/mol. The molecule has 2 radical (unpaired) electrons. The van der Waals surface area contributed by atoms with Crippen LogP contribution in [0.5, 0.6) is 0 Å². The Labute approximate surface area is 187 Å². The maximum atomic E-state index is 13.2. The van der Waals surface area contributed by atoms with Gasteiger partial charge >= 0.3 is 6.18 Å². The smallest absolute Gasteiger partial charge is 0.313 e. The van der Waals surface area contributed by atoms with Crippen LogP contribution in [0.15, 0.2) is 41.2 Å². The predicted molar refractivity (Wildman–Crippen MR) is 120 cm³/mol. The molecule has 0 atom stereocenters. The van der Waals surface area contributed by atoms with E-state index >= 15 is 0 Å². The number of imidazole rings is 1. The summed E-state index contributed by atoms with van der Waals surface area (Å²) in [5, 5.41) is 6.93. The number of hydrogen-bond donors (Lipinski definition) is 1. The van der Waals surface area contributed by atoms with Crippen molar-refractivity contribution in [3.05, 3.63) is 57.9 Å². The Kier molecular flexibility index (Phi) is 5.51. The van der Waals surface area contributed by atoms with E-state index < -0.39 is 23.1 Å². The Hall–Kier alpha value is -3.63. The average molecular weight is 453 g/mol. The maximum Gasteiger partial charge on any atom is 0.416 e. The normalized spacial score (nSPS) is 12.1. The summed E-state index contributed by atoms with van der Waals surface area (Å²) < 4.78 is 42.5. The maximum absolute atomic E-state index is 13.2. The average Bonchev–Trinajstić information content (AvgIpc) is 3.03. The molecule has 0 aliphatic rings. The Balaban J connectivity index is 1.70. The Bertz CT molecular complexity index is 1460. The van der Waals surface area contributed by atoms with Gasteiger partial charge in [0.05, 0.1) is 28.5 Å². The van der Waals surface area contributed by atoms with Gasteiger partial charge in [-0.05, 0) is 44.2 Å². The molecule has 0 saturated carbocycles. The van der Waals surface area contributed by atoms with Gasteiger partial charge in [-0.1, -0.05) is 11.5 Å². The molecule has 0 fully saturated rings. The van der Waals surface area contributed by atoms with E-state index in [9.17, 15) is 22.8 Å². The zero-order valence-corrected chi connectivity index (χ0v) is 18.1. The molecule has 2 aromatic carbocycles. The van der Waals surface area contributed by atoms with Gasteiger partial charge in [0.1, 0.15) is 13.5 Å². The fourth-order valence-corrected chi connectivity index (χ4v) is 3.62. The van der Waals surface area contributed by atoms with Crippen LogP contribution < -0.4 is 16.2 Å². The van der Waals surface area contributed by atoms with Crippen molar-refractivity contribution in [1.82, 2.24) is 19.3 Å². The first-order valence-corrected chi connectivity index (χ1v) is 10.1. The van der Waals surface area contributed by atoms with Crippen molar-refractivity contribution in [2.75, 3.05) is 5.32 Å². The molecule has 0 bridgehead atoms. The van der Waals surface area contributed by atoms with E-state index in [1.54, 1.807) is 43.7 Å². The van der Waals surface area contributed by atoms with Crippen molar-refractivity contribution < 1.29 is 18.0 Å². The first kappa shape index (κ1) is 22.6. The Morgan fingerprint density at radius 1 is 1.15 bits per heavy atom. The van der Waals surface area contributed by atoms with E-state index in [0.717, 1.165) is 23.7 Å². The van der Waals surface area contributed by atoms with Crippen LogP contribution >= 0.6 is 0 Å². The number of halogens is 3. The number of aromatic nitrogens is 4. The van der Waals surface area contributed by atoms with Gasteiger partial charge in [0.2, 0.25) is 17.3 Å². The van der Waals surface area contributed by atoms with Gasteiger partial charge in [-0.25, -0.2) is 4.98 Å². The van der Waals surface area contributed by atoms with Gasteiger partial charge in [0.15, 0.2) is 0 Å². The van der Waals surface area contributed by atoms with Crippen molar-refractivity contribution in [3.8, 4) is 0 Å². The number of benzene rings is 2. The van der Waals surface area contributed by atoms with Crippen molar-refractivity contribution in [2.24, 2.45) is 7.05 Å². The molecule has 0 saturated heterocycles. The lowest BCUT2D eigenvalue weighted by Gasteiger charge is -2.16. The molecule has 0 unspecified atom stereocenters. The SMILES string of the molecule is [B]c1ccc2nc(NC(=O)Cc3nn(C(C)C)c4cc(C(F)(F)F)ccc4c3=O)n(C)c2c1. The molecule has 33 heavy (non-hydrogen) atoms. The lowest BCUT2D eigenvalue weighted by Crippen LogP contribution is -2.26. The van der Waals surface area contributed by atoms with Gasteiger partial charge in [0.25, 0.3) is 0 Å². The third-order valence-corrected chi connectivity index (χ3v) is 5.28. The van der Waals surface area contributed by atoms with Crippen LogP contribution in [0.4, 0.5) is 19.1 Å². The number of carbonyl (C=O) groups excluding carboxylic acids is 1. The summed E-state index contributed by atoms with van der Waals surface area (Å²) in [7, 11) is 7.51. The predicted octanol–water partition coefficient (Wildman–Crippen LogP) is 2.86. The van der Waals surface area contributed by atoms with Gasteiger partial charge in [-0.3, -0.25) is 19.6 Å². The number of fused-ring (bicyclic) bond motifs is 2. The lowest BCUT2D eigenvalue weighted by atomic mass is 9.96. The standard InChI is InChI=1S/C22H19BF3N5O2/c1-11(2)31-17-8-12(22(24,25)26)4-6-14(17)20(33)16(29-31)10-19(32)28-21-27-15-7-5-13(23)9-18(15)30(21)3/h4-9,11H,10H2,1-3H3,(H,27,28,32). The highest BCUT2D eigenvalue weighted by molar-refractivity contribution is 6.33. The third-order valence-electron chi connectivity index (χ3n) is 5.28. The minimum Gasteiger partial charge on any atom is -0.313 e. The molecular formula is C22H19BF3N5O2. The molecule has 7 nitrogen and oxygen atoms in total. The molecule has 168 valence electrons. The van der Waals surface area contributed by atoms with E-state index in [1.165, 1.54) is 4.68 Å². The Morgan fingerprint density at radius 3 is 2.55 bits per heavy atom. The van der Waals surface area contributed by atoms with Crippen LogP contribution in [-0.4, -0.2) is 33.1 Å². The van der Waals surface area contributed by atoms with Gasteiger partial charge in [0, 0.05) is 18.5 Å². The van der Waals surface area contributed by atoms with Gasteiger partial charge < -0.3 is 4.57 Å². The number of aryl methyl sites for hydroxylation is 1. The summed E-state index contributed by atoms with van der Waals surface area (Å²) in [4.78, 5) is 30.0. The number of rotatable bonds is 4. The third kappa shape index (κ3) is 4.22. The first-order valence-electron chi connectivity index (χ1n) is 10.1. The van der Waals surface area contributed by atoms with Gasteiger partial charge in [-0.15, -0.1) is 0 Å². The number of hydrogen-bond acceptors (Lipinski definition) is 4. The summed E-state index contributed by atoms with van der Waals surface area (Å²) in [6.07, 6.45) is -4.92. The van der Waals surface area contributed by atoms with Gasteiger partial charge in [-0.2, -0.15) is 18.3 Å². The molecule has 0 spiro atoms. The summed E-state index contributed by atoms with van der Waals surface area (Å²) in [6.45, 7) is 3.46. The van der Waals surface area contributed by atoms with E-state index in [2.05, 4.69) is 15.4 Å². The molecule has 4 rings (SSSR count). The highest BCUT2D eigenvalue weighted by Gasteiger charge is 2.31. The lowest BCUT2D eigenvalue weighted by molar-refractivity contribution is -0.137. The molecule has 4 aromatic rings. The van der Waals surface area contributed by atoms with Crippen LogP contribution in [-0.2, 0) is 24.4 Å². The van der Waals surface area contributed by atoms with Crippen molar-refractivity contribution in [3.63, 3.8) is 0 Å².